The summed E-state index contributed by atoms with van der Waals surface area (Å²) in [5, 5.41) is 0. The van der Waals surface area contributed by atoms with E-state index in [9.17, 15) is 9.59 Å². The molecule has 0 unspecified atom stereocenters. The summed E-state index contributed by atoms with van der Waals surface area (Å²) in [7, 11) is 0. The van der Waals surface area contributed by atoms with Gasteiger partial charge in [-0.1, -0.05) is 32.9 Å². The Morgan fingerprint density at radius 2 is 1.75 bits per heavy atom. The highest BCUT2D eigenvalue weighted by Gasteiger charge is 2.15. The fraction of sp³-hybridized carbons (Fsp3) is 0.250. The number of rotatable bonds is 3. The first-order valence-electron chi connectivity index (χ1n) is 6.28. The molecule has 0 aliphatic rings. The van der Waals surface area contributed by atoms with Crippen LogP contribution in [-0.4, -0.2) is 12.3 Å². The first kappa shape index (κ1) is 14.5. The number of benzene rings is 1. The Morgan fingerprint density at radius 3 is 2.25 bits per heavy atom. The lowest BCUT2D eigenvalue weighted by Gasteiger charge is -2.18. The summed E-state index contributed by atoms with van der Waals surface area (Å²) in [6.07, 6.45) is 0.722. The number of aldehydes is 1. The van der Waals surface area contributed by atoms with Crippen LogP contribution in [0.15, 0.2) is 36.4 Å². The van der Waals surface area contributed by atoms with Gasteiger partial charge >= 0.3 is 5.97 Å². The molecule has 20 heavy (non-hydrogen) atoms. The normalized spacial score (nSPS) is 11.2. The van der Waals surface area contributed by atoms with Gasteiger partial charge in [0.25, 0.3) is 0 Å². The molecule has 0 atom stereocenters. The quantitative estimate of drug-likeness (QED) is 0.485. The van der Waals surface area contributed by atoms with E-state index in [0.29, 0.717) is 15.5 Å². The number of thiophene rings is 1. The van der Waals surface area contributed by atoms with Crippen molar-refractivity contribution in [2.75, 3.05) is 0 Å². The Kier molecular flexibility index (Phi) is 4.04. The number of esters is 1. The third kappa shape index (κ3) is 3.33. The van der Waals surface area contributed by atoms with Gasteiger partial charge in [-0.15, -0.1) is 11.3 Å². The minimum absolute atomic E-state index is 0.0646. The summed E-state index contributed by atoms with van der Waals surface area (Å²) in [6, 6.07) is 10.7. The van der Waals surface area contributed by atoms with Crippen LogP contribution in [0.4, 0.5) is 0 Å². The molecule has 0 amide bonds. The molecule has 4 heteroatoms. The predicted molar refractivity (Wildman–Crippen MR) is 79.8 cm³/mol. The number of hydrogen-bond donors (Lipinski definition) is 0. The average molecular weight is 288 g/mol. The van der Waals surface area contributed by atoms with Crippen LogP contribution in [0.2, 0.25) is 0 Å². The van der Waals surface area contributed by atoms with Gasteiger partial charge in [-0.25, -0.2) is 4.79 Å². The largest absolute Gasteiger partial charge is 0.422 e. The summed E-state index contributed by atoms with van der Waals surface area (Å²) in [6.45, 7) is 6.38. The molecule has 1 aromatic heterocycles. The van der Waals surface area contributed by atoms with E-state index in [1.165, 1.54) is 5.56 Å². The van der Waals surface area contributed by atoms with Gasteiger partial charge in [0.1, 0.15) is 10.6 Å². The van der Waals surface area contributed by atoms with Crippen LogP contribution < -0.4 is 4.74 Å². The lowest BCUT2D eigenvalue weighted by molar-refractivity contribution is 0.0739. The third-order valence-electron chi connectivity index (χ3n) is 2.88. The summed E-state index contributed by atoms with van der Waals surface area (Å²) in [5.41, 5.74) is 1.24. The Bertz CT molecular complexity index is 618. The molecule has 0 fully saturated rings. The third-order valence-corrected chi connectivity index (χ3v) is 3.87. The van der Waals surface area contributed by atoms with E-state index in [4.69, 9.17) is 4.74 Å². The van der Waals surface area contributed by atoms with Crippen molar-refractivity contribution in [3.63, 3.8) is 0 Å². The molecule has 0 radical (unpaired) electrons. The number of hydrogen-bond acceptors (Lipinski definition) is 4. The zero-order valence-corrected chi connectivity index (χ0v) is 12.5. The highest BCUT2D eigenvalue weighted by molar-refractivity contribution is 7.15. The van der Waals surface area contributed by atoms with Gasteiger partial charge in [0.2, 0.25) is 0 Å². The van der Waals surface area contributed by atoms with E-state index in [-0.39, 0.29) is 5.41 Å². The van der Waals surface area contributed by atoms with Crippen molar-refractivity contribution in [3.8, 4) is 5.75 Å². The molecular weight excluding hydrogens is 272 g/mol. The maximum absolute atomic E-state index is 11.9. The van der Waals surface area contributed by atoms with Crippen molar-refractivity contribution < 1.29 is 14.3 Å². The molecule has 1 heterocycles. The molecule has 3 nitrogen and oxygen atoms in total. The lowest BCUT2D eigenvalue weighted by atomic mass is 9.87. The zero-order valence-electron chi connectivity index (χ0n) is 11.7. The van der Waals surface area contributed by atoms with Crippen molar-refractivity contribution in [2.24, 2.45) is 0 Å². The fourth-order valence-electron chi connectivity index (χ4n) is 1.71. The molecule has 0 saturated heterocycles. The van der Waals surface area contributed by atoms with Crippen LogP contribution in [0, 0.1) is 0 Å². The standard InChI is InChI=1S/C16H16O3S/c1-16(2,3)11-4-6-12(7-5-11)19-15(18)14-9-8-13(10-17)20-14/h4-10H,1-3H3. The minimum atomic E-state index is -0.438. The second kappa shape index (κ2) is 5.59. The average Bonchev–Trinajstić information content (AvgIpc) is 2.87. The van der Waals surface area contributed by atoms with Crippen LogP contribution in [-0.2, 0) is 5.41 Å². The molecule has 104 valence electrons. The topological polar surface area (TPSA) is 43.4 Å². The molecule has 0 saturated carbocycles. The van der Waals surface area contributed by atoms with Crippen molar-refractivity contribution in [1.29, 1.82) is 0 Å². The molecule has 0 bridgehead atoms. The summed E-state index contributed by atoms with van der Waals surface area (Å²) in [5.74, 6) is 0.0654. The Balaban J connectivity index is 2.10. The lowest BCUT2D eigenvalue weighted by Crippen LogP contribution is -2.11. The van der Waals surface area contributed by atoms with Crippen molar-refractivity contribution >= 4 is 23.6 Å². The van der Waals surface area contributed by atoms with Gasteiger partial charge in [-0.2, -0.15) is 0 Å². The minimum Gasteiger partial charge on any atom is -0.422 e. The molecule has 0 aliphatic carbocycles. The van der Waals surface area contributed by atoms with Crippen molar-refractivity contribution in [1.82, 2.24) is 0 Å². The Morgan fingerprint density at radius 1 is 1.10 bits per heavy atom. The second-order valence-corrected chi connectivity index (χ2v) is 6.60. The second-order valence-electron chi connectivity index (χ2n) is 5.48. The summed E-state index contributed by atoms with van der Waals surface area (Å²) in [4.78, 5) is 23.4. The summed E-state index contributed by atoms with van der Waals surface area (Å²) < 4.78 is 5.28. The van der Waals surface area contributed by atoms with E-state index in [2.05, 4.69) is 20.8 Å². The zero-order chi connectivity index (χ0) is 14.8. The fourth-order valence-corrected chi connectivity index (χ4v) is 2.41. The molecule has 0 aliphatic heterocycles. The van der Waals surface area contributed by atoms with E-state index in [1.54, 1.807) is 24.3 Å². The molecule has 0 N–H and O–H groups in total. The van der Waals surface area contributed by atoms with Gasteiger partial charge in [-0.3, -0.25) is 4.79 Å². The van der Waals surface area contributed by atoms with Gasteiger partial charge in [0, 0.05) is 0 Å². The monoisotopic (exact) mass is 288 g/mol. The van der Waals surface area contributed by atoms with Crippen molar-refractivity contribution in [2.45, 2.75) is 26.2 Å². The highest BCUT2D eigenvalue weighted by Crippen LogP contribution is 2.25. The maximum atomic E-state index is 11.9. The molecule has 2 rings (SSSR count). The van der Waals surface area contributed by atoms with Gasteiger partial charge in [-0.05, 0) is 35.2 Å². The number of carbonyl (C=O) groups is 2. The Labute approximate surface area is 122 Å². The predicted octanol–water partition coefficient (Wildman–Crippen LogP) is 4.08. The smallest absolute Gasteiger partial charge is 0.353 e. The molecule has 1 aromatic carbocycles. The van der Waals surface area contributed by atoms with Gasteiger partial charge in [0.05, 0.1) is 4.88 Å². The van der Waals surface area contributed by atoms with Crippen LogP contribution >= 0.6 is 11.3 Å². The van der Waals surface area contributed by atoms with Crippen LogP contribution in [0.5, 0.6) is 5.75 Å². The van der Waals surface area contributed by atoms with Crippen LogP contribution in [0.3, 0.4) is 0 Å². The van der Waals surface area contributed by atoms with Gasteiger partial charge < -0.3 is 4.74 Å². The summed E-state index contributed by atoms with van der Waals surface area (Å²) >= 11 is 1.13. The molecular formula is C16H16O3S. The first-order valence-corrected chi connectivity index (χ1v) is 7.09. The van der Waals surface area contributed by atoms with E-state index < -0.39 is 5.97 Å². The van der Waals surface area contributed by atoms with Crippen molar-refractivity contribution in [3.05, 3.63) is 51.7 Å². The Hall–Kier alpha value is -1.94. The van der Waals surface area contributed by atoms with E-state index >= 15 is 0 Å². The number of carbonyl (C=O) groups excluding carboxylic acids is 2. The molecule has 2 aromatic rings. The van der Waals surface area contributed by atoms with Crippen LogP contribution in [0.25, 0.3) is 0 Å². The van der Waals surface area contributed by atoms with E-state index in [1.807, 2.05) is 12.1 Å². The first-order chi connectivity index (χ1) is 9.40. The van der Waals surface area contributed by atoms with Gasteiger partial charge in [0.15, 0.2) is 6.29 Å². The number of ether oxygens (including phenoxy) is 1. The SMILES string of the molecule is CC(C)(C)c1ccc(OC(=O)c2ccc(C=O)s2)cc1. The molecule has 0 spiro atoms. The van der Waals surface area contributed by atoms with Crippen LogP contribution in [0.1, 0.15) is 45.7 Å². The van der Waals surface area contributed by atoms with E-state index in [0.717, 1.165) is 17.6 Å². The maximum Gasteiger partial charge on any atom is 0.353 e. The highest BCUT2D eigenvalue weighted by atomic mass is 32.1.